The van der Waals surface area contributed by atoms with Gasteiger partial charge in [-0.2, -0.15) is 0 Å². The molecule has 115 valence electrons. The van der Waals surface area contributed by atoms with Gasteiger partial charge in [-0.25, -0.2) is 0 Å². The Morgan fingerprint density at radius 1 is 0.727 bits per heavy atom. The molecule has 2 aromatic carbocycles. The van der Waals surface area contributed by atoms with Gasteiger partial charge in [0, 0.05) is 25.5 Å². The SMILES string of the molecule is [Co+2].[O-]c1ccccc1C=NCCCN=Cc1ccccc1[O-]. The van der Waals surface area contributed by atoms with E-state index in [4.69, 9.17) is 0 Å². The number of hydrogen-bond acceptors (Lipinski definition) is 4. The Morgan fingerprint density at radius 3 is 1.55 bits per heavy atom. The molecule has 0 saturated heterocycles. The van der Waals surface area contributed by atoms with E-state index in [1.54, 1.807) is 36.7 Å². The Balaban J connectivity index is 0.00000242. The van der Waals surface area contributed by atoms with Gasteiger partial charge in [0.2, 0.25) is 0 Å². The summed E-state index contributed by atoms with van der Waals surface area (Å²) in [6.07, 6.45) is 3.97. The third kappa shape index (κ3) is 5.71. The molecule has 0 saturated carbocycles. The van der Waals surface area contributed by atoms with Crippen LogP contribution in [-0.2, 0) is 16.8 Å². The Kier molecular flexibility index (Phi) is 7.95. The van der Waals surface area contributed by atoms with Crippen LogP contribution in [0.2, 0.25) is 0 Å². The van der Waals surface area contributed by atoms with E-state index in [1.807, 2.05) is 12.1 Å². The molecule has 0 heterocycles. The van der Waals surface area contributed by atoms with Crippen molar-refractivity contribution in [3.63, 3.8) is 0 Å². The molecular weight excluding hydrogens is 323 g/mol. The first-order valence-electron chi connectivity index (χ1n) is 6.79. The van der Waals surface area contributed by atoms with Gasteiger partial charge >= 0.3 is 16.8 Å². The monoisotopic (exact) mass is 339 g/mol. The van der Waals surface area contributed by atoms with E-state index in [9.17, 15) is 10.2 Å². The van der Waals surface area contributed by atoms with Crippen molar-refractivity contribution in [2.75, 3.05) is 13.1 Å². The second-order valence-corrected chi connectivity index (χ2v) is 4.50. The minimum atomic E-state index is -0.0219. The van der Waals surface area contributed by atoms with Crippen LogP contribution >= 0.6 is 0 Å². The number of aliphatic imine (C=N–C) groups is 2. The largest absolute Gasteiger partial charge is 2.00 e. The van der Waals surface area contributed by atoms with E-state index in [1.165, 1.54) is 12.1 Å². The van der Waals surface area contributed by atoms with Crippen molar-refractivity contribution in [2.45, 2.75) is 6.42 Å². The zero-order valence-corrected chi connectivity index (χ0v) is 13.0. The predicted octanol–water partition coefficient (Wildman–Crippen LogP) is 1.76. The maximum Gasteiger partial charge on any atom is 2.00 e. The number of hydrogen-bond donors (Lipinski definition) is 0. The van der Waals surface area contributed by atoms with Crippen molar-refractivity contribution in [2.24, 2.45) is 9.98 Å². The van der Waals surface area contributed by atoms with E-state index in [0.29, 0.717) is 24.2 Å². The molecule has 22 heavy (non-hydrogen) atoms. The molecule has 4 nitrogen and oxygen atoms in total. The number of benzene rings is 2. The standard InChI is InChI=1S/C17H18N2O2.Co/c20-16-8-3-1-6-14(16)12-18-10-5-11-19-13-15-7-2-4-9-17(15)21;/h1-4,6-9,12-13,20-21H,5,10-11H2;/q;+2/p-2. The minimum Gasteiger partial charge on any atom is -0.872 e. The fourth-order valence-electron chi connectivity index (χ4n) is 1.75. The fourth-order valence-corrected chi connectivity index (χ4v) is 1.75. The first-order chi connectivity index (χ1) is 10.3. The molecule has 0 N–H and O–H groups in total. The fraction of sp³-hybridized carbons (Fsp3) is 0.176. The Morgan fingerprint density at radius 2 is 1.14 bits per heavy atom. The molecule has 0 fully saturated rings. The topological polar surface area (TPSA) is 70.8 Å². The molecule has 0 aliphatic rings. The molecule has 2 rings (SSSR count). The minimum absolute atomic E-state index is 0. The molecule has 0 atom stereocenters. The summed E-state index contributed by atoms with van der Waals surface area (Å²) in [5.41, 5.74) is 1.20. The van der Waals surface area contributed by atoms with Crippen LogP contribution in [0.25, 0.3) is 0 Å². The average molecular weight is 339 g/mol. The number of para-hydroxylation sites is 2. The van der Waals surface area contributed by atoms with Crippen LogP contribution in [0.4, 0.5) is 0 Å². The molecular formula is C17H16CoN2O2. The van der Waals surface area contributed by atoms with E-state index < -0.39 is 0 Å². The molecule has 0 amide bonds. The van der Waals surface area contributed by atoms with Crippen LogP contribution in [0.1, 0.15) is 17.5 Å². The van der Waals surface area contributed by atoms with Crippen LogP contribution in [-0.4, -0.2) is 25.5 Å². The van der Waals surface area contributed by atoms with Gasteiger partial charge in [0.05, 0.1) is 0 Å². The second kappa shape index (κ2) is 9.76. The van der Waals surface area contributed by atoms with Crippen LogP contribution in [0.3, 0.4) is 0 Å². The quantitative estimate of drug-likeness (QED) is 0.594. The second-order valence-electron chi connectivity index (χ2n) is 4.50. The summed E-state index contributed by atoms with van der Waals surface area (Å²) < 4.78 is 0. The number of rotatable bonds is 6. The van der Waals surface area contributed by atoms with E-state index in [-0.39, 0.29) is 28.3 Å². The molecule has 0 aliphatic heterocycles. The summed E-state index contributed by atoms with van der Waals surface area (Å²) in [4.78, 5) is 8.41. The maximum absolute atomic E-state index is 11.4. The van der Waals surface area contributed by atoms with Crippen LogP contribution in [0, 0.1) is 0 Å². The maximum atomic E-state index is 11.4. The summed E-state index contributed by atoms with van der Waals surface area (Å²) in [5.74, 6) is -0.0438. The van der Waals surface area contributed by atoms with Crippen molar-refractivity contribution < 1.29 is 27.0 Å². The van der Waals surface area contributed by atoms with E-state index in [2.05, 4.69) is 9.98 Å². The van der Waals surface area contributed by atoms with Crippen LogP contribution in [0.15, 0.2) is 58.5 Å². The zero-order chi connectivity index (χ0) is 14.9. The smallest absolute Gasteiger partial charge is 0.872 e. The molecule has 2 aromatic rings. The van der Waals surface area contributed by atoms with Crippen molar-refractivity contribution in [3.8, 4) is 11.5 Å². The predicted molar refractivity (Wildman–Crippen MR) is 81.3 cm³/mol. The van der Waals surface area contributed by atoms with E-state index in [0.717, 1.165) is 6.42 Å². The first kappa shape index (κ1) is 17.9. The molecule has 0 bridgehead atoms. The summed E-state index contributed by atoms with van der Waals surface area (Å²) in [6.45, 7) is 1.20. The van der Waals surface area contributed by atoms with Gasteiger partial charge < -0.3 is 10.2 Å². The van der Waals surface area contributed by atoms with Gasteiger partial charge in [0.15, 0.2) is 0 Å². The third-order valence-corrected chi connectivity index (χ3v) is 2.87. The summed E-state index contributed by atoms with van der Waals surface area (Å²) in [5, 5.41) is 22.9. The van der Waals surface area contributed by atoms with Crippen LogP contribution in [0.5, 0.6) is 11.5 Å². The van der Waals surface area contributed by atoms with Crippen LogP contribution < -0.4 is 10.2 Å². The number of nitrogens with zero attached hydrogens (tertiary/aromatic N) is 2. The Labute approximate surface area is 140 Å². The molecule has 5 heteroatoms. The van der Waals surface area contributed by atoms with Gasteiger partial charge in [0.1, 0.15) is 0 Å². The van der Waals surface area contributed by atoms with Crippen molar-refractivity contribution >= 4 is 12.4 Å². The van der Waals surface area contributed by atoms with Crippen molar-refractivity contribution in [3.05, 3.63) is 59.7 Å². The summed E-state index contributed by atoms with van der Waals surface area (Å²) in [7, 11) is 0. The van der Waals surface area contributed by atoms with Crippen molar-refractivity contribution in [1.29, 1.82) is 0 Å². The molecule has 0 aliphatic carbocycles. The van der Waals surface area contributed by atoms with Gasteiger partial charge in [-0.15, -0.1) is 11.5 Å². The van der Waals surface area contributed by atoms with E-state index >= 15 is 0 Å². The third-order valence-electron chi connectivity index (χ3n) is 2.87. The molecule has 1 radical (unpaired) electrons. The summed E-state index contributed by atoms with van der Waals surface area (Å²) in [6, 6.07) is 13.6. The normalized spacial score (nSPS) is 10.9. The van der Waals surface area contributed by atoms with Gasteiger partial charge in [-0.1, -0.05) is 48.5 Å². The summed E-state index contributed by atoms with van der Waals surface area (Å²) >= 11 is 0. The average Bonchev–Trinajstić information content (AvgIpc) is 2.50. The van der Waals surface area contributed by atoms with Gasteiger partial charge in [0.25, 0.3) is 0 Å². The first-order valence-corrected chi connectivity index (χ1v) is 6.79. The molecule has 0 spiro atoms. The Hall–Kier alpha value is -2.11. The molecule has 0 unspecified atom stereocenters. The Bertz CT molecular complexity index is 587. The zero-order valence-electron chi connectivity index (χ0n) is 11.9. The van der Waals surface area contributed by atoms with Gasteiger partial charge in [-0.3, -0.25) is 9.98 Å². The van der Waals surface area contributed by atoms with Crippen molar-refractivity contribution in [1.82, 2.24) is 0 Å². The van der Waals surface area contributed by atoms with Gasteiger partial charge in [-0.05, 0) is 17.5 Å². The molecule has 0 aromatic heterocycles.